The minimum absolute atomic E-state index is 0.252. The molecule has 2 rings (SSSR count). The molecule has 0 saturated heterocycles. The van der Waals surface area contributed by atoms with Crippen LogP contribution in [0, 0.1) is 0 Å². The molecule has 0 bridgehead atoms. The molecule has 2 aromatic rings. The molecule has 0 spiro atoms. The van der Waals surface area contributed by atoms with Crippen LogP contribution in [-0.2, 0) is 0 Å². The highest BCUT2D eigenvalue weighted by Crippen LogP contribution is 2.46. The van der Waals surface area contributed by atoms with Crippen LogP contribution in [0.3, 0.4) is 0 Å². The zero-order valence-corrected chi connectivity index (χ0v) is 20.6. The van der Waals surface area contributed by atoms with Gasteiger partial charge in [0.05, 0.1) is 42.9 Å². The van der Waals surface area contributed by atoms with Crippen LogP contribution in [0.1, 0.15) is 15.9 Å². The van der Waals surface area contributed by atoms with Gasteiger partial charge in [-0.25, -0.2) is 0 Å². The van der Waals surface area contributed by atoms with E-state index in [9.17, 15) is 4.79 Å². The normalized spacial score (nSPS) is 10.5. The molecule has 0 radical (unpaired) electrons. The Labute approximate surface area is 184 Å². The Morgan fingerprint density at radius 2 is 1.23 bits per heavy atom. The van der Waals surface area contributed by atoms with Crippen LogP contribution in [-0.4, -0.2) is 34.2 Å². The smallest absolute Gasteiger partial charge is 0.196 e. The lowest BCUT2D eigenvalue weighted by Crippen LogP contribution is -2.08. The molecule has 0 amide bonds. The largest absolute Gasteiger partial charge is 0.493 e. The molecule has 0 unspecified atom stereocenters. The predicted molar refractivity (Wildman–Crippen MR) is 113 cm³/mol. The van der Waals surface area contributed by atoms with Gasteiger partial charge in [-0.3, -0.25) is 4.79 Å². The second-order valence-electron chi connectivity index (χ2n) is 4.90. The predicted octanol–water partition coefficient (Wildman–Crippen LogP) is 6.00. The van der Waals surface area contributed by atoms with Crippen LogP contribution in [0.25, 0.3) is 0 Å². The van der Waals surface area contributed by atoms with Gasteiger partial charge in [-0.05, 0) is 75.9 Å². The van der Waals surface area contributed by atoms with Crippen LogP contribution in [0.2, 0.25) is 0 Å². The SMILES string of the molecule is COc1cc(C(=O)c2c(Br)cc(OC)c(OC)c2Br)c(Br)c(Br)c1OC. The summed E-state index contributed by atoms with van der Waals surface area (Å²) in [6, 6.07) is 3.30. The highest BCUT2D eigenvalue weighted by molar-refractivity contribution is 9.13. The lowest BCUT2D eigenvalue weighted by atomic mass is 10.0. The minimum Gasteiger partial charge on any atom is -0.493 e. The minimum atomic E-state index is -0.252. The van der Waals surface area contributed by atoms with Crippen molar-refractivity contribution >= 4 is 69.5 Å². The van der Waals surface area contributed by atoms with Crippen molar-refractivity contribution in [2.45, 2.75) is 0 Å². The Kier molecular flexibility index (Phi) is 7.41. The fourth-order valence-corrected chi connectivity index (χ4v) is 5.01. The van der Waals surface area contributed by atoms with Gasteiger partial charge in [0.2, 0.25) is 0 Å². The quantitative estimate of drug-likeness (QED) is 0.372. The van der Waals surface area contributed by atoms with Crippen LogP contribution in [0.4, 0.5) is 0 Å². The molecule has 0 N–H and O–H groups in total. The van der Waals surface area contributed by atoms with Crippen molar-refractivity contribution in [3.63, 3.8) is 0 Å². The average molecular weight is 618 g/mol. The molecular weight excluding hydrogens is 604 g/mol. The summed E-state index contributed by atoms with van der Waals surface area (Å²) >= 11 is 13.8. The average Bonchev–Trinajstić information content (AvgIpc) is 2.62. The van der Waals surface area contributed by atoms with Crippen molar-refractivity contribution < 1.29 is 23.7 Å². The maximum absolute atomic E-state index is 13.3. The van der Waals surface area contributed by atoms with Gasteiger partial charge in [0, 0.05) is 14.5 Å². The molecule has 140 valence electrons. The maximum atomic E-state index is 13.3. The molecule has 0 aliphatic rings. The summed E-state index contributed by atoms with van der Waals surface area (Å²) < 4.78 is 23.5. The highest BCUT2D eigenvalue weighted by Gasteiger charge is 2.27. The van der Waals surface area contributed by atoms with E-state index in [1.54, 1.807) is 12.1 Å². The summed E-state index contributed by atoms with van der Waals surface area (Å²) in [4.78, 5) is 13.3. The van der Waals surface area contributed by atoms with Crippen LogP contribution in [0.5, 0.6) is 23.0 Å². The number of carbonyl (C=O) groups is 1. The molecule has 0 aromatic heterocycles. The maximum Gasteiger partial charge on any atom is 0.196 e. The van der Waals surface area contributed by atoms with Gasteiger partial charge in [-0.1, -0.05) is 0 Å². The number of ether oxygens (including phenoxy) is 4. The first-order valence-corrected chi connectivity index (χ1v) is 10.2. The summed E-state index contributed by atoms with van der Waals surface area (Å²) in [6.45, 7) is 0. The number of methoxy groups -OCH3 is 4. The second-order valence-corrected chi connectivity index (χ2v) is 8.13. The van der Waals surface area contributed by atoms with Crippen LogP contribution < -0.4 is 18.9 Å². The van der Waals surface area contributed by atoms with E-state index in [2.05, 4.69) is 63.7 Å². The summed E-state index contributed by atoms with van der Waals surface area (Å²) in [7, 11) is 6.07. The van der Waals surface area contributed by atoms with E-state index < -0.39 is 0 Å². The van der Waals surface area contributed by atoms with E-state index in [0.717, 1.165) is 0 Å². The first-order valence-electron chi connectivity index (χ1n) is 7.06. The summed E-state index contributed by atoms with van der Waals surface area (Å²) in [5.74, 6) is 1.59. The van der Waals surface area contributed by atoms with Gasteiger partial charge in [0.25, 0.3) is 0 Å². The fraction of sp³-hybridized carbons (Fsp3) is 0.235. The molecule has 0 heterocycles. The number of benzene rings is 2. The molecule has 0 fully saturated rings. The topological polar surface area (TPSA) is 54.0 Å². The van der Waals surface area contributed by atoms with Crippen molar-refractivity contribution in [3.05, 3.63) is 41.2 Å². The van der Waals surface area contributed by atoms with Gasteiger partial charge in [0.15, 0.2) is 28.8 Å². The molecule has 0 atom stereocenters. The number of carbonyl (C=O) groups excluding carboxylic acids is 1. The van der Waals surface area contributed by atoms with Crippen molar-refractivity contribution in [2.24, 2.45) is 0 Å². The number of hydrogen-bond acceptors (Lipinski definition) is 5. The Bertz CT molecular complexity index is 867. The van der Waals surface area contributed by atoms with E-state index in [4.69, 9.17) is 18.9 Å². The number of rotatable bonds is 6. The molecule has 5 nitrogen and oxygen atoms in total. The summed E-state index contributed by atoms with van der Waals surface area (Å²) in [5, 5.41) is 0. The van der Waals surface area contributed by atoms with Gasteiger partial charge in [-0.2, -0.15) is 0 Å². The zero-order valence-electron chi connectivity index (χ0n) is 14.2. The standard InChI is InChI=1S/C17H14Br4O5/c1-23-9-5-7(12(19)14(21)17(9)26-4)15(22)11-8(18)6-10(24-2)16(25-3)13(11)20/h5-6H,1-4H3. The van der Waals surface area contributed by atoms with E-state index in [1.165, 1.54) is 28.4 Å². The Morgan fingerprint density at radius 1 is 0.731 bits per heavy atom. The van der Waals surface area contributed by atoms with Gasteiger partial charge in [-0.15, -0.1) is 0 Å². The van der Waals surface area contributed by atoms with Gasteiger partial charge >= 0.3 is 0 Å². The van der Waals surface area contributed by atoms with E-state index in [-0.39, 0.29) is 5.78 Å². The van der Waals surface area contributed by atoms with Gasteiger partial charge < -0.3 is 18.9 Å². The molecular formula is C17H14Br4O5. The lowest BCUT2D eigenvalue weighted by molar-refractivity contribution is 0.103. The molecule has 0 aliphatic heterocycles. The van der Waals surface area contributed by atoms with E-state index in [0.29, 0.717) is 52.0 Å². The Balaban J connectivity index is 2.73. The number of hydrogen-bond donors (Lipinski definition) is 0. The third-order valence-corrected chi connectivity index (χ3v) is 7.08. The van der Waals surface area contributed by atoms with Crippen molar-refractivity contribution in [1.82, 2.24) is 0 Å². The fourth-order valence-electron chi connectivity index (χ4n) is 2.36. The number of ketones is 1. The van der Waals surface area contributed by atoms with Crippen LogP contribution >= 0.6 is 63.7 Å². The van der Waals surface area contributed by atoms with Crippen molar-refractivity contribution in [2.75, 3.05) is 28.4 Å². The second kappa shape index (κ2) is 8.95. The van der Waals surface area contributed by atoms with E-state index in [1.807, 2.05) is 0 Å². The van der Waals surface area contributed by atoms with Crippen molar-refractivity contribution in [1.29, 1.82) is 0 Å². The van der Waals surface area contributed by atoms with E-state index >= 15 is 0 Å². The van der Waals surface area contributed by atoms with Crippen LogP contribution in [0.15, 0.2) is 30.0 Å². The molecule has 2 aromatic carbocycles. The summed E-state index contributed by atoms with van der Waals surface area (Å²) in [6.07, 6.45) is 0. The first kappa shape index (κ1) is 21.5. The third kappa shape index (κ3) is 3.76. The molecule has 0 saturated carbocycles. The summed E-state index contributed by atoms with van der Waals surface area (Å²) in [5.41, 5.74) is 0.783. The third-order valence-electron chi connectivity index (χ3n) is 3.59. The van der Waals surface area contributed by atoms with Crippen molar-refractivity contribution in [3.8, 4) is 23.0 Å². The molecule has 26 heavy (non-hydrogen) atoms. The Hall–Kier alpha value is -0.770. The number of halogens is 4. The molecule has 0 aliphatic carbocycles. The zero-order chi connectivity index (χ0) is 19.6. The highest BCUT2D eigenvalue weighted by atomic mass is 79.9. The van der Waals surface area contributed by atoms with Gasteiger partial charge in [0.1, 0.15) is 0 Å². The molecule has 9 heteroatoms. The Morgan fingerprint density at radius 3 is 1.73 bits per heavy atom. The lowest BCUT2D eigenvalue weighted by Gasteiger charge is -2.17. The monoisotopic (exact) mass is 614 g/mol. The first-order chi connectivity index (χ1) is 12.3.